The van der Waals surface area contributed by atoms with Gasteiger partial charge in [-0.1, -0.05) is 13.8 Å². The van der Waals surface area contributed by atoms with Gasteiger partial charge in [0.25, 0.3) is 0 Å². The summed E-state index contributed by atoms with van der Waals surface area (Å²) in [7, 11) is -1.16. The molecule has 1 heterocycles. The van der Waals surface area contributed by atoms with Crippen LogP contribution in [0.1, 0.15) is 31.3 Å². The number of aromatic nitrogens is 2. The van der Waals surface area contributed by atoms with Crippen LogP contribution in [0.4, 0.5) is 5.69 Å². The molecule has 7 heteroatoms. The SMILES string of the molecule is CC(C)c1ncc(N(C)CCS(C)(=O)=O)c(CN)n1. The van der Waals surface area contributed by atoms with Crippen molar-refractivity contribution in [2.75, 3.05) is 30.5 Å². The lowest BCUT2D eigenvalue weighted by Gasteiger charge is -2.21. The van der Waals surface area contributed by atoms with Gasteiger partial charge in [0.15, 0.2) is 0 Å². The molecule has 0 radical (unpaired) electrons. The second-order valence-corrected chi connectivity index (χ2v) is 7.23. The Morgan fingerprint density at radius 3 is 2.53 bits per heavy atom. The van der Waals surface area contributed by atoms with Gasteiger partial charge in [0.2, 0.25) is 0 Å². The van der Waals surface area contributed by atoms with Crippen molar-refractivity contribution in [1.29, 1.82) is 0 Å². The standard InChI is InChI=1S/C12H22N4O2S/c1-9(2)12-14-8-11(10(7-13)15-12)16(3)5-6-19(4,17)18/h8-9H,5-7,13H2,1-4H3. The number of hydrogen-bond donors (Lipinski definition) is 1. The van der Waals surface area contributed by atoms with Gasteiger partial charge in [0.1, 0.15) is 15.7 Å². The molecule has 0 amide bonds. The molecule has 0 aliphatic carbocycles. The minimum atomic E-state index is -2.98. The van der Waals surface area contributed by atoms with Crippen LogP contribution in [0, 0.1) is 0 Å². The van der Waals surface area contributed by atoms with Crippen LogP contribution in [0.15, 0.2) is 6.20 Å². The van der Waals surface area contributed by atoms with Gasteiger partial charge in [0.05, 0.1) is 23.3 Å². The zero-order valence-electron chi connectivity index (χ0n) is 11.9. The summed E-state index contributed by atoms with van der Waals surface area (Å²) in [6, 6.07) is 0. The van der Waals surface area contributed by atoms with Gasteiger partial charge in [-0.05, 0) is 0 Å². The smallest absolute Gasteiger partial charge is 0.149 e. The first-order chi connectivity index (χ1) is 8.74. The van der Waals surface area contributed by atoms with Gasteiger partial charge < -0.3 is 10.6 Å². The number of sulfone groups is 1. The monoisotopic (exact) mass is 286 g/mol. The average Bonchev–Trinajstić information content (AvgIpc) is 2.34. The van der Waals surface area contributed by atoms with Gasteiger partial charge in [-0.3, -0.25) is 0 Å². The Kier molecular flexibility index (Phi) is 5.25. The first-order valence-corrected chi connectivity index (χ1v) is 8.25. The van der Waals surface area contributed by atoms with Crippen molar-refractivity contribution in [2.24, 2.45) is 5.73 Å². The molecular formula is C12H22N4O2S. The third-order valence-electron chi connectivity index (χ3n) is 2.78. The number of anilines is 1. The molecule has 6 nitrogen and oxygen atoms in total. The van der Waals surface area contributed by atoms with E-state index in [-0.39, 0.29) is 11.7 Å². The molecule has 0 saturated carbocycles. The average molecular weight is 286 g/mol. The highest BCUT2D eigenvalue weighted by Gasteiger charge is 2.13. The zero-order chi connectivity index (χ0) is 14.6. The largest absolute Gasteiger partial charge is 0.371 e. The molecule has 1 aromatic rings. The molecule has 0 aliphatic rings. The third kappa shape index (κ3) is 4.76. The second kappa shape index (κ2) is 6.29. The van der Waals surface area contributed by atoms with Crippen molar-refractivity contribution in [3.63, 3.8) is 0 Å². The van der Waals surface area contributed by atoms with E-state index in [1.165, 1.54) is 6.26 Å². The summed E-state index contributed by atoms with van der Waals surface area (Å²) in [5, 5.41) is 0. The van der Waals surface area contributed by atoms with Crippen LogP contribution in [-0.4, -0.2) is 44.0 Å². The normalized spacial score (nSPS) is 11.9. The molecule has 0 fully saturated rings. The van der Waals surface area contributed by atoms with E-state index in [0.717, 1.165) is 17.2 Å². The second-order valence-electron chi connectivity index (χ2n) is 4.97. The van der Waals surface area contributed by atoms with E-state index < -0.39 is 9.84 Å². The highest BCUT2D eigenvalue weighted by molar-refractivity contribution is 7.90. The van der Waals surface area contributed by atoms with Crippen molar-refractivity contribution >= 4 is 15.5 Å². The highest BCUT2D eigenvalue weighted by Crippen LogP contribution is 2.19. The van der Waals surface area contributed by atoms with Crippen LogP contribution in [0.2, 0.25) is 0 Å². The van der Waals surface area contributed by atoms with Crippen molar-refractivity contribution in [1.82, 2.24) is 9.97 Å². The highest BCUT2D eigenvalue weighted by atomic mass is 32.2. The van der Waals surface area contributed by atoms with E-state index in [9.17, 15) is 8.42 Å². The summed E-state index contributed by atoms with van der Waals surface area (Å²) in [6.45, 7) is 4.74. The zero-order valence-corrected chi connectivity index (χ0v) is 12.7. The fourth-order valence-corrected chi connectivity index (χ4v) is 2.20. The van der Waals surface area contributed by atoms with E-state index in [0.29, 0.717) is 13.1 Å². The van der Waals surface area contributed by atoms with Gasteiger partial charge in [-0.2, -0.15) is 0 Å². The van der Waals surface area contributed by atoms with Crippen LogP contribution in [0.3, 0.4) is 0 Å². The van der Waals surface area contributed by atoms with Crippen LogP contribution < -0.4 is 10.6 Å². The Balaban J connectivity index is 2.93. The maximum atomic E-state index is 11.2. The van der Waals surface area contributed by atoms with E-state index >= 15 is 0 Å². The minimum absolute atomic E-state index is 0.0967. The van der Waals surface area contributed by atoms with Crippen molar-refractivity contribution in [2.45, 2.75) is 26.3 Å². The van der Waals surface area contributed by atoms with Crippen LogP contribution >= 0.6 is 0 Å². The van der Waals surface area contributed by atoms with Gasteiger partial charge >= 0.3 is 0 Å². The molecular weight excluding hydrogens is 264 g/mol. The molecule has 0 atom stereocenters. The predicted octanol–water partition coefficient (Wildman–Crippen LogP) is 0.540. The minimum Gasteiger partial charge on any atom is -0.371 e. The first-order valence-electron chi connectivity index (χ1n) is 6.19. The van der Waals surface area contributed by atoms with Crippen LogP contribution in [0.25, 0.3) is 0 Å². The molecule has 108 valence electrons. The molecule has 0 spiro atoms. The Bertz CT molecular complexity index is 529. The molecule has 1 rings (SSSR count). The van der Waals surface area contributed by atoms with Crippen molar-refractivity contribution < 1.29 is 8.42 Å². The summed E-state index contributed by atoms with van der Waals surface area (Å²) in [4.78, 5) is 10.6. The van der Waals surface area contributed by atoms with Crippen LogP contribution in [-0.2, 0) is 16.4 Å². The van der Waals surface area contributed by atoms with Crippen molar-refractivity contribution in [3.05, 3.63) is 17.7 Å². The molecule has 0 aromatic carbocycles. The van der Waals surface area contributed by atoms with Crippen molar-refractivity contribution in [3.8, 4) is 0 Å². The quantitative estimate of drug-likeness (QED) is 0.821. The van der Waals surface area contributed by atoms with Crippen LogP contribution in [0.5, 0.6) is 0 Å². The Labute approximate surface area is 115 Å². The lowest BCUT2D eigenvalue weighted by Crippen LogP contribution is -2.27. The maximum Gasteiger partial charge on any atom is 0.149 e. The summed E-state index contributed by atoms with van der Waals surface area (Å²) < 4.78 is 22.4. The Morgan fingerprint density at radius 1 is 1.42 bits per heavy atom. The van der Waals surface area contributed by atoms with E-state index in [4.69, 9.17) is 5.73 Å². The summed E-state index contributed by atoms with van der Waals surface area (Å²) in [6.07, 6.45) is 2.94. The lowest BCUT2D eigenvalue weighted by molar-refractivity contribution is 0.601. The fraction of sp³-hybridized carbons (Fsp3) is 0.667. The predicted molar refractivity (Wildman–Crippen MR) is 77.0 cm³/mol. The topological polar surface area (TPSA) is 89.2 Å². The first kappa shape index (κ1) is 15.8. The lowest BCUT2D eigenvalue weighted by atomic mass is 10.2. The number of rotatable bonds is 6. The van der Waals surface area contributed by atoms with Gasteiger partial charge in [-0.25, -0.2) is 18.4 Å². The molecule has 0 bridgehead atoms. The number of hydrogen-bond acceptors (Lipinski definition) is 6. The Hall–Kier alpha value is -1.21. The van der Waals surface area contributed by atoms with E-state index in [1.807, 2.05) is 25.8 Å². The number of nitrogens with zero attached hydrogens (tertiary/aromatic N) is 3. The maximum absolute atomic E-state index is 11.2. The fourth-order valence-electron chi connectivity index (χ4n) is 1.60. The van der Waals surface area contributed by atoms with Gasteiger partial charge in [-0.15, -0.1) is 0 Å². The van der Waals surface area contributed by atoms with Gasteiger partial charge in [0, 0.05) is 32.3 Å². The molecule has 0 saturated heterocycles. The molecule has 0 unspecified atom stereocenters. The third-order valence-corrected chi connectivity index (χ3v) is 3.71. The molecule has 0 aliphatic heterocycles. The molecule has 2 N–H and O–H groups in total. The summed E-state index contributed by atoms with van der Waals surface area (Å²) in [5.41, 5.74) is 7.24. The molecule has 19 heavy (non-hydrogen) atoms. The summed E-state index contributed by atoms with van der Waals surface area (Å²) in [5.74, 6) is 1.08. The Morgan fingerprint density at radius 2 is 2.05 bits per heavy atom. The number of nitrogens with two attached hydrogens (primary N) is 1. The molecule has 1 aromatic heterocycles. The summed E-state index contributed by atoms with van der Waals surface area (Å²) >= 11 is 0. The van der Waals surface area contributed by atoms with E-state index in [2.05, 4.69) is 9.97 Å². The van der Waals surface area contributed by atoms with E-state index in [1.54, 1.807) is 6.20 Å².